The van der Waals surface area contributed by atoms with E-state index >= 15 is 0 Å². The second-order valence-electron chi connectivity index (χ2n) is 8.85. The molecule has 0 aliphatic rings. The quantitative estimate of drug-likeness (QED) is 0.216. The van der Waals surface area contributed by atoms with Crippen LogP contribution in [0.5, 0.6) is 5.75 Å². The Kier molecular flexibility index (Phi) is 7.79. The molecule has 0 unspecified atom stereocenters. The molecule has 1 amide bonds. The fraction of sp³-hybridized carbons (Fsp3) is 0.133. The predicted molar refractivity (Wildman–Crippen MR) is 155 cm³/mol. The third-order valence-electron chi connectivity index (χ3n) is 6.05. The highest BCUT2D eigenvalue weighted by atomic mass is 79.9. The number of ether oxygens (including phenoxy) is 1. The van der Waals surface area contributed by atoms with Gasteiger partial charge < -0.3 is 10.1 Å². The van der Waals surface area contributed by atoms with Gasteiger partial charge in [0.2, 0.25) is 0 Å². The van der Waals surface area contributed by atoms with E-state index in [-0.39, 0.29) is 12.2 Å². The van der Waals surface area contributed by atoms with Crippen molar-refractivity contribution < 1.29 is 13.9 Å². The van der Waals surface area contributed by atoms with E-state index < -0.39 is 11.7 Å². The van der Waals surface area contributed by atoms with Crippen molar-refractivity contribution >= 4 is 55.4 Å². The highest BCUT2D eigenvalue weighted by Crippen LogP contribution is 2.27. The molecular weight excluding hydrogens is 563 g/mol. The molecule has 0 spiro atoms. The standard InChI is InChI=1S/C30H24BrFN4O3/c1-2-6-28-35-26-13-12-20(31)15-24(26)30(38)36(28)33-17-25-23-10-4-3-7-19(23)11-14-27(25)39-18-29(37)34-22-9-5-8-21(32)16-22/h3-5,7-17H,2,6,18H2,1H3,(H,34,37). The average molecular weight is 587 g/mol. The summed E-state index contributed by atoms with van der Waals surface area (Å²) < 4.78 is 21.5. The Balaban J connectivity index is 1.51. The molecule has 0 radical (unpaired) electrons. The molecule has 7 nitrogen and oxygen atoms in total. The number of hydrogen-bond donors (Lipinski definition) is 1. The first-order chi connectivity index (χ1) is 18.9. The molecule has 0 fully saturated rings. The number of halogens is 2. The first kappa shape index (κ1) is 26.2. The van der Waals surface area contributed by atoms with Crippen molar-refractivity contribution in [3.63, 3.8) is 0 Å². The van der Waals surface area contributed by atoms with Crippen molar-refractivity contribution in [3.05, 3.63) is 111 Å². The van der Waals surface area contributed by atoms with Gasteiger partial charge in [0.1, 0.15) is 17.4 Å². The first-order valence-electron chi connectivity index (χ1n) is 12.4. The van der Waals surface area contributed by atoms with Crippen LogP contribution in [0.2, 0.25) is 0 Å². The molecule has 4 aromatic carbocycles. The second-order valence-corrected chi connectivity index (χ2v) is 9.76. The summed E-state index contributed by atoms with van der Waals surface area (Å²) in [6.45, 7) is 1.71. The molecule has 1 heterocycles. The molecule has 0 atom stereocenters. The molecular formula is C30H24BrFN4O3. The maximum absolute atomic E-state index is 13.5. The number of fused-ring (bicyclic) bond motifs is 2. The fourth-order valence-corrected chi connectivity index (χ4v) is 4.62. The summed E-state index contributed by atoms with van der Waals surface area (Å²) in [5, 5.41) is 9.42. The number of carbonyl (C=O) groups is 1. The molecule has 39 heavy (non-hydrogen) atoms. The van der Waals surface area contributed by atoms with E-state index in [4.69, 9.17) is 4.74 Å². The molecule has 5 aromatic rings. The minimum Gasteiger partial charge on any atom is -0.483 e. The highest BCUT2D eigenvalue weighted by Gasteiger charge is 2.13. The van der Waals surface area contributed by atoms with E-state index in [9.17, 15) is 14.0 Å². The van der Waals surface area contributed by atoms with Crippen LogP contribution in [-0.2, 0) is 11.2 Å². The van der Waals surface area contributed by atoms with Crippen molar-refractivity contribution in [1.29, 1.82) is 0 Å². The lowest BCUT2D eigenvalue weighted by Gasteiger charge is -2.13. The average Bonchev–Trinajstić information content (AvgIpc) is 2.92. The first-order valence-corrected chi connectivity index (χ1v) is 13.2. The van der Waals surface area contributed by atoms with Gasteiger partial charge in [-0.3, -0.25) is 9.59 Å². The summed E-state index contributed by atoms with van der Waals surface area (Å²) in [6.07, 6.45) is 2.92. The van der Waals surface area contributed by atoms with E-state index in [1.807, 2.05) is 43.3 Å². The largest absolute Gasteiger partial charge is 0.483 e. The Morgan fingerprint density at radius 2 is 1.92 bits per heavy atom. The van der Waals surface area contributed by atoms with Crippen molar-refractivity contribution in [2.75, 3.05) is 11.9 Å². The Morgan fingerprint density at radius 1 is 1.08 bits per heavy atom. The molecule has 0 aliphatic carbocycles. The van der Waals surface area contributed by atoms with Gasteiger partial charge in [-0.25, -0.2) is 9.37 Å². The van der Waals surface area contributed by atoms with E-state index in [0.29, 0.717) is 40.1 Å². The van der Waals surface area contributed by atoms with Gasteiger partial charge in [-0.15, -0.1) is 0 Å². The van der Waals surface area contributed by atoms with E-state index in [0.717, 1.165) is 21.7 Å². The number of nitrogens with one attached hydrogen (secondary N) is 1. The van der Waals surface area contributed by atoms with Crippen molar-refractivity contribution in [2.45, 2.75) is 19.8 Å². The van der Waals surface area contributed by atoms with Crippen LogP contribution in [0.15, 0.2) is 93.2 Å². The summed E-state index contributed by atoms with van der Waals surface area (Å²) in [5.41, 5.74) is 1.27. The van der Waals surface area contributed by atoms with Crippen LogP contribution in [-0.4, -0.2) is 28.4 Å². The molecule has 0 saturated carbocycles. The van der Waals surface area contributed by atoms with Crippen molar-refractivity contribution in [2.24, 2.45) is 5.10 Å². The fourth-order valence-electron chi connectivity index (χ4n) is 4.26. The highest BCUT2D eigenvalue weighted by molar-refractivity contribution is 9.10. The number of rotatable bonds is 8. The van der Waals surface area contributed by atoms with Crippen LogP contribution < -0.4 is 15.6 Å². The number of hydrogen-bond acceptors (Lipinski definition) is 5. The number of anilines is 1. The summed E-state index contributed by atoms with van der Waals surface area (Å²) in [4.78, 5) is 30.6. The number of aryl methyl sites for hydroxylation is 1. The summed E-state index contributed by atoms with van der Waals surface area (Å²) in [6, 6.07) is 22.4. The van der Waals surface area contributed by atoms with Gasteiger partial charge in [0.25, 0.3) is 11.5 Å². The van der Waals surface area contributed by atoms with Gasteiger partial charge in [0.15, 0.2) is 6.61 Å². The van der Waals surface area contributed by atoms with Crippen LogP contribution in [0.1, 0.15) is 24.7 Å². The van der Waals surface area contributed by atoms with Gasteiger partial charge in [-0.05, 0) is 59.7 Å². The van der Waals surface area contributed by atoms with E-state index in [2.05, 4.69) is 31.3 Å². The monoisotopic (exact) mass is 586 g/mol. The van der Waals surface area contributed by atoms with Crippen LogP contribution in [0.4, 0.5) is 10.1 Å². The Morgan fingerprint density at radius 3 is 2.74 bits per heavy atom. The second kappa shape index (κ2) is 11.6. The lowest BCUT2D eigenvalue weighted by atomic mass is 10.0. The van der Waals surface area contributed by atoms with Gasteiger partial charge in [0, 0.05) is 22.1 Å². The minimum absolute atomic E-state index is 0.279. The van der Waals surface area contributed by atoms with Crippen LogP contribution >= 0.6 is 15.9 Å². The van der Waals surface area contributed by atoms with Crippen molar-refractivity contribution in [3.8, 4) is 5.75 Å². The molecule has 0 bridgehead atoms. The number of amides is 1. The molecule has 0 aliphatic heterocycles. The molecule has 196 valence electrons. The van der Waals surface area contributed by atoms with Crippen LogP contribution in [0, 0.1) is 5.82 Å². The van der Waals surface area contributed by atoms with Crippen LogP contribution in [0.3, 0.4) is 0 Å². The zero-order valence-electron chi connectivity index (χ0n) is 21.0. The maximum Gasteiger partial charge on any atom is 0.282 e. The molecule has 0 saturated heterocycles. The summed E-state index contributed by atoms with van der Waals surface area (Å²) >= 11 is 3.42. The van der Waals surface area contributed by atoms with Crippen LogP contribution in [0.25, 0.3) is 21.7 Å². The zero-order valence-corrected chi connectivity index (χ0v) is 22.6. The van der Waals surface area contributed by atoms with Gasteiger partial charge >= 0.3 is 0 Å². The van der Waals surface area contributed by atoms with E-state index in [1.165, 1.54) is 22.9 Å². The third-order valence-corrected chi connectivity index (χ3v) is 6.54. The summed E-state index contributed by atoms with van der Waals surface area (Å²) in [5.74, 6) is 0.0662. The number of benzene rings is 4. The van der Waals surface area contributed by atoms with Gasteiger partial charge in [-0.2, -0.15) is 9.78 Å². The predicted octanol–water partition coefficient (Wildman–Crippen LogP) is 6.30. The lowest BCUT2D eigenvalue weighted by Crippen LogP contribution is -2.22. The van der Waals surface area contributed by atoms with Gasteiger partial charge in [-0.1, -0.05) is 59.3 Å². The Bertz CT molecular complexity index is 1780. The number of aromatic nitrogens is 2. The normalized spacial score (nSPS) is 11.4. The Hall–Kier alpha value is -4.37. The smallest absolute Gasteiger partial charge is 0.282 e. The van der Waals surface area contributed by atoms with Crippen molar-refractivity contribution in [1.82, 2.24) is 9.66 Å². The Labute approximate surface area is 232 Å². The molecule has 5 rings (SSSR count). The zero-order chi connectivity index (χ0) is 27.4. The molecule has 1 N–H and O–H groups in total. The number of carbonyl (C=O) groups excluding carboxylic acids is 1. The summed E-state index contributed by atoms with van der Waals surface area (Å²) in [7, 11) is 0. The molecule has 1 aromatic heterocycles. The SMILES string of the molecule is CCCc1nc2ccc(Br)cc2c(=O)n1N=Cc1c(OCC(=O)Nc2cccc(F)c2)ccc2ccccc12. The topological polar surface area (TPSA) is 85.6 Å². The number of nitrogens with zero attached hydrogens (tertiary/aromatic N) is 3. The minimum atomic E-state index is -0.449. The maximum atomic E-state index is 13.5. The molecule has 9 heteroatoms. The van der Waals surface area contributed by atoms with Gasteiger partial charge in [0.05, 0.1) is 17.1 Å². The lowest BCUT2D eigenvalue weighted by molar-refractivity contribution is -0.118. The van der Waals surface area contributed by atoms with E-state index in [1.54, 1.807) is 30.5 Å². The third kappa shape index (κ3) is 5.88.